The molecule has 0 aromatic heterocycles. The van der Waals surface area contributed by atoms with Crippen molar-refractivity contribution in [3.8, 4) is 0 Å². The zero-order valence-electron chi connectivity index (χ0n) is 9.54. The maximum atomic E-state index is 11.5. The van der Waals surface area contributed by atoms with Crippen LogP contribution in [0.25, 0.3) is 0 Å². The van der Waals surface area contributed by atoms with Gasteiger partial charge in [0, 0.05) is 6.54 Å². The number of nitrogens with two attached hydrogens (primary N) is 1. The molecule has 0 radical (unpaired) electrons. The lowest BCUT2D eigenvalue weighted by Gasteiger charge is -2.17. The minimum atomic E-state index is -0.307. The van der Waals surface area contributed by atoms with Crippen molar-refractivity contribution in [1.82, 2.24) is 10.3 Å². The number of nitrogens with zero attached hydrogens (tertiary/aromatic N) is 1. The molecule has 0 unspecified atom stereocenters. The van der Waals surface area contributed by atoms with Crippen LogP contribution in [0.2, 0.25) is 10.0 Å². The lowest BCUT2D eigenvalue weighted by atomic mass is 10.2. The fraction of sp³-hybridized carbons (Fsp3) is 0.364. The predicted molar refractivity (Wildman–Crippen MR) is 69.9 cm³/mol. The summed E-state index contributed by atoms with van der Waals surface area (Å²) in [5.41, 5.74) is 0.827. The molecule has 0 saturated heterocycles. The molecule has 17 heavy (non-hydrogen) atoms. The SMILES string of the molecule is CCCNC(=O)N(N)Cc1ccc(Cl)c(Cl)c1. The minimum Gasteiger partial charge on any atom is -0.337 e. The molecule has 0 aliphatic heterocycles. The average Bonchev–Trinajstić information content (AvgIpc) is 2.30. The molecule has 0 atom stereocenters. The molecular weight excluding hydrogens is 261 g/mol. The van der Waals surface area contributed by atoms with E-state index < -0.39 is 0 Å². The number of hydrogen-bond donors (Lipinski definition) is 2. The Morgan fingerprint density at radius 1 is 1.41 bits per heavy atom. The summed E-state index contributed by atoms with van der Waals surface area (Å²) in [5, 5.41) is 4.72. The van der Waals surface area contributed by atoms with Crippen LogP contribution >= 0.6 is 23.2 Å². The van der Waals surface area contributed by atoms with Crippen LogP contribution in [-0.2, 0) is 6.54 Å². The maximum Gasteiger partial charge on any atom is 0.331 e. The summed E-state index contributed by atoms with van der Waals surface area (Å²) in [5.74, 6) is 5.62. The van der Waals surface area contributed by atoms with E-state index in [2.05, 4.69) is 5.32 Å². The molecule has 0 saturated carbocycles. The molecule has 6 heteroatoms. The minimum absolute atomic E-state index is 0.284. The summed E-state index contributed by atoms with van der Waals surface area (Å²) in [6.07, 6.45) is 0.867. The van der Waals surface area contributed by atoms with E-state index >= 15 is 0 Å². The van der Waals surface area contributed by atoms with E-state index in [1.165, 1.54) is 0 Å². The highest BCUT2D eigenvalue weighted by Crippen LogP contribution is 2.22. The van der Waals surface area contributed by atoms with Crippen LogP contribution in [0, 0.1) is 0 Å². The molecule has 94 valence electrons. The fourth-order valence-corrected chi connectivity index (χ4v) is 1.56. The largest absolute Gasteiger partial charge is 0.337 e. The van der Waals surface area contributed by atoms with Crippen LogP contribution in [-0.4, -0.2) is 17.6 Å². The van der Waals surface area contributed by atoms with Gasteiger partial charge in [-0.3, -0.25) is 5.01 Å². The Morgan fingerprint density at radius 2 is 2.12 bits per heavy atom. The maximum absolute atomic E-state index is 11.5. The van der Waals surface area contributed by atoms with Gasteiger partial charge in [-0.1, -0.05) is 36.2 Å². The molecule has 1 aromatic rings. The van der Waals surface area contributed by atoms with Crippen molar-refractivity contribution in [2.75, 3.05) is 6.54 Å². The number of rotatable bonds is 4. The Morgan fingerprint density at radius 3 is 2.71 bits per heavy atom. The highest BCUT2D eigenvalue weighted by Gasteiger charge is 2.09. The van der Waals surface area contributed by atoms with Crippen molar-refractivity contribution in [2.24, 2.45) is 5.84 Å². The first-order valence-corrected chi connectivity index (χ1v) is 6.04. The van der Waals surface area contributed by atoms with Crippen molar-refractivity contribution >= 4 is 29.2 Å². The number of hydrogen-bond acceptors (Lipinski definition) is 2. The third-order valence-electron chi connectivity index (χ3n) is 2.12. The van der Waals surface area contributed by atoms with Crippen molar-refractivity contribution < 1.29 is 4.79 Å². The normalized spacial score (nSPS) is 10.1. The van der Waals surface area contributed by atoms with E-state index in [0.717, 1.165) is 17.0 Å². The summed E-state index contributed by atoms with van der Waals surface area (Å²) >= 11 is 11.7. The smallest absolute Gasteiger partial charge is 0.331 e. The molecule has 1 rings (SSSR count). The van der Waals surface area contributed by atoms with Crippen LogP contribution in [0.1, 0.15) is 18.9 Å². The Labute approximate surface area is 111 Å². The average molecular weight is 276 g/mol. The van der Waals surface area contributed by atoms with Crippen molar-refractivity contribution in [3.63, 3.8) is 0 Å². The number of amides is 2. The standard InChI is InChI=1S/C11H15Cl2N3O/c1-2-5-15-11(17)16(14)7-8-3-4-9(12)10(13)6-8/h3-4,6H,2,5,7,14H2,1H3,(H,15,17). The Bertz CT molecular complexity index is 398. The second-order valence-electron chi connectivity index (χ2n) is 3.61. The van der Waals surface area contributed by atoms with Gasteiger partial charge in [0.05, 0.1) is 16.6 Å². The predicted octanol–water partition coefficient (Wildman–Crippen LogP) is 2.79. The van der Waals surface area contributed by atoms with Gasteiger partial charge < -0.3 is 5.32 Å². The van der Waals surface area contributed by atoms with E-state index in [9.17, 15) is 4.79 Å². The number of halogens is 2. The Hall–Kier alpha value is -0.970. The van der Waals surface area contributed by atoms with Crippen LogP contribution in [0.4, 0.5) is 4.79 Å². The molecule has 4 nitrogen and oxygen atoms in total. The summed E-state index contributed by atoms with van der Waals surface area (Å²) in [7, 11) is 0. The Balaban J connectivity index is 2.58. The molecule has 0 aliphatic rings. The zero-order valence-corrected chi connectivity index (χ0v) is 11.1. The van der Waals surface area contributed by atoms with Crippen LogP contribution in [0.5, 0.6) is 0 Å². The van der Waals surface area contributed by atoms with E-state index in [1.54, 1.807) is 18.2 Å². The second-order valence-corrected chi connectivity index (χ2v) is 4.42. The summed E-state index contributed by atoms with van der Waals surface area (Å²) in [6, 6.07) is 4.84. The molecule has 3 N–H and O–H groups in total. The number of carbonyl (C=O) groups excluding carboxylic acids is 1. The van der Waals surface area contributed by atoms with E-state index in [1.807, 2.05) is 6.92 Å². The summed E-state index contributed by atoms with van der Waals surface area (Å²) in [4.78, 5) is 11.5. The first-order chi connectivity index (χ1) is 8.04. The molecule has 0 bridgehead atoms. The summed E-state index contributed by atoms with van der Waals surface area (Å²) < 4.78 is 0. The fourth-order valence-electron chi connectivity index (χ4n) is 1.24. The van der Waals surface area contributed by atoms with E-state index in [0.29, 0.717) is 16.6 Å². The zero-order chi connectivity index (χ0) is 12.8. The first kappa shape index (κ1) is 14.1. The first-order valence-electron chi connectivity index (χ1n) is 5.28. The van der Waals surface area contributed by atoms with Gasteiger partial charge in [0.25, 0.3) is 0 Å². The van der Waals surface area contributed by atoms with Gasteiger partial charge in [-0.25, -0.2) is 10.6 Å². The van der Waals surface area contributed by atoms with Gasteiger partial charge in [0.15, 0.2) is 0 Å². The highest BCUT2D eigenvalue weighted by molar-refractivity contribution is 6.42. The molecule has 0 spiro atoms. The second kappa shape index (κ2) is 6.69. The van der Waals surface area contributed by atoms with Gasteiger partial charge in [0.2, 0.25) is 0 Å². The van der Waals surface area contributed by atoms with E-state index in [-0.39, 0.29) is 12.6 Å². The lowest BCUT2D eigenvalue weighted by molar-refractivity contribution is 0.196. The molecular formula is C11H15Cl2N3O. The van der Waals surface area contributed by atoms with Gasteiger partial charge in [-0.15, -0.1) is 0 Å². The monoisotopic (exact) mass is 275 g/mol. The van der Waals surface area contributed by atoms with Crippen LogP contribution in [0.3, 0.4) is 0 Å². The van der Waals surface area contributed by atoms with Crippen LogP contribution < -0.4 is 11.2 Å². The number of benzene rings is 1. The van der Waals surface area contributed by atoms with Gasteiger partial charge in [-0.05, 0) is 24.1 Å². The Kier molecular flexibility index (Phi) is 5.55. The molecule has 0 aliphatic carbocycles. The number of hydrazine groups is 1. The topological polar surface area (TPSA) is 58.4 Å². The van der Waals surface area contributed by atoms with Crippen molar-refractivity contribution in [3.05, 3.63) is 33.8 Å². The number of urea groups is 1. The van der Waals surface area contributed by atoms with E-state index in [4.69, 9.17) is 29.0 Å². The van der Waals surface area contributed by atoms with Crippen molar-refractivity contribution in [1.29, 1.82) is 0 Å². The molecule has 2 amide bonds. The van der Waals surface area contributed by atoms with Gasteiger partial charge >= 0.3 is 6.03 Å². The highest BCUT2D eigenvalue weighted by atomic mass is 35.5. The number of nitrogens with one attached hydrogen (secondary N) is 1. The van der Waals surface area contributed by atoms with Crippen molar-refractivity contribution in [2.45, 2.75) is 19.9 Å². The molecule has 0 fully saturated rings. The molecule has 0 heterocycles. The molecule has 1 aromatic carbocycles. The lowest BCUT2D eigenvalue weighted by Crippen LogP contribution is -2.44. The third kappa shape index (κ3) is 4.42. The number of carbonyl (C=O) groups is 1. The van der Waals surface area contributed by atoms with Gasteiger partial charge in [0.1, 0.15) is 0 Å². The van der Waals surface area contributed by atoms with Gasteiger partial charge in [-0.2, -0.15) is 0 Å². The van der Waals surface area contributed by atoms with Crippen LogP contribution in [0.15, 0.2) is 18.2 Å². The summed E-state index contributed by atoms with van der Waals surface area (Å²) in [6.45, 7) is 2.86. The quantitative estimate of drug-likeness (QED) is 0.504. The third-order valence-corrected chi connectivity index (χ3v) is 2.86.